The Morgan fingerprint density at radius 1 is 1.09 bits per heavy atom. The molecule has 0 saturated carbocycles. The molecule has 7 heteroatoms. The number of anilines is 2. The summed E-state index contributed by atoms with van der Waals surface area (Å²) in [7, 11) is 1.81. The van der Waals surface area contributed by atoms with Gasteiger partial charge in [0.1, 0.15) is 5.82 Å². The molecule has 7 nitrogen and oxygen atoms in total. The van der Waals surface area contributed by atoms with Crippen molar-refractivity contribution in [2.75, 3.05) is 10.2 Å². The number of nitrogens with one attached hydrogen (secondary N) is 1. The summed E-state index contributed by atoms with van der Waals surface area (Å²) in [4.78, 5) is 31.8. The highest BCUT2D eigenvalue weighted by Crippen LogP contribution is 2.33. The summed E-state index contributed by atoms with van der Waals surface area (Å²) in [5, 5.41) is 14.4. The molecule has 0 bridgehead atoms. The molecule has 34 heavy (non-hydrogen) atoms. The molecule has 0 aliphatic carbocycles. The lowest BCUT2D eigenvalue weighted by Gasteiger charge is -2.24. The monoisotopic (exact) mass is 454 g/mol. The van der Waals surface area contributed by atoms with E-state index in [2.05, 4.69) is 33.4 Å². The minimum absolute atomic E-state index is 0.0560. The number of rotatable bonds is 5. The molecule has 0 radical (unpaired) electrons. The molecule has 0 amide bonds. The molecule has 0 spiro atoms. The Bertz CT molecular complexity index is 1470. The van der Waals surface area contributed by atoms with Crippen LogP contribution in [0.2, 0.25) is 0 Å². The first-order valence-electron chi connectivity index (χ1n) is 11.2. The number of carboxylic acid groups (broad SMARTS) is 1. The minimum atomic E-state index is -0.984. The van der Waals surface area contributed by atoms with E-state index in [-0.39, 0.29) is 17.2 Å². The van der Waals surface area contributed by atoms with Crippen molar-refractivity contribution in [2.45, 2.75) is 33.0 Å². The van der Waals surface area contributed by atoms with Crippen molar-refractivity contribution in [3.8, 4) is 0 Å². The van der Waals surface area contributed by atoms with Crippen LogP contribution < -0.4 is 15.8 Å². The molecular weight excluding hydrogens is 428 g/mol. The Morgan fingerprint density at radius 2 is 1.88 bits per heavy atom. The van der Waals surface area contributed by atoms with Crippen LogP contribution in [0.15, 0.2) is 65.6 Å². The predicted octanol–water partition coefficient (Wildman–Crippen LogP) is 4.63. The average Bonchev–Trinajstić information content (AvgIpc) is 3.25. The van der Waals surface area contributed by atoms with Gasteiger partial charge in [-0.3, -0.25) is 14.3 Å². The zero-order chi connectivity index (χ0) is 24.0. The zero-order valence-corrected chi connectivity index (χ0v) is 19.4. The molecule has 3 heterocycles. The number of carbonyl (C=O) groups is 1. The van der Waals surface area contributed by atoms with Gasteiger partial charge in [0.15, 0.2) is 0 Å². The number of hydrogen-bond donors (Lipinski definition) is 2. The molecule has 4 aromatic rings. The number of fused-ring (bicyclic) bond motifs is 2. The second-order valence-electron chi connectivity index (χ2n) is 8.86. The van der Waals surface area contributed by atoms with Gasteiger partial charge in [-0.05, 0) is 66.3 Å². The molecule has 0 fully saturated rings. The molecule has 1 atom stereocenters. The lowest BCUT2D eigenvalue weighted by molar-refractivity contribution is 0.0698. The first-order chi connectivity index (χ1) is 16.3. The van der Waals surface area contributed by atoms with E-state index < -0.39 is 5.97 Å². The number of benzene rings is 2. The van der Waals surface area contributed by atoms with Gasteiger partial charge in [0.25, 0.3) is 5.56 Å². The van der Waals surface area contributed by atoms with E-state index in [0.29, 0.717) is 24.2 Å². The van der Waals surface area contributed by atoms with Crippen molar-refractivity contribution in [3.63, 3.8) is 0 Å². The Morgan fingerprint density at radius 3 is 2.65 bits per heavy atom. The zero-order valence-electron chi connectivity index (χ0n) is 19.4. The third-order valence-electron chi connectivity index (χ3n) is 6.51. The number of hydrogen-bond acceptors (Lipinski definition) is 5. The summed E-state index contributed by atoms with van der Waals surface area (Å²) in [6.07, 6.45) is 1.80. The average molecular weight is 455 g/mol. The van der Waals surface area contributed by atoms with Crippen LogP contribution in [0.3, 0.4) is 0 Å². The van der Waals surface area contributed by atoms with Crippen LogP contribution in [0.25, 0.3) is 10.8 Å². The highest BCUT2D eigenvalue weighted by molar-refractivity contribution is 5.94. The Hall–Kier alpha value is -4.13. The predicted molar refractivity (Wildman–Crippen MR) is 133 cm³/mol. The van der Waals surface area contributed by atoms with Gasteiger partial charge in [-0.1, -0.05) is 24.3 Å². The Kier molecular flexibility index (Phi) is 5.32. The van der Waals surface area contributed by atoms with Crippen molar-refractivity contribution in [3.05, 3.63) is 99.1 Å². The van der Waals surface area contributed by atoms with Crippen molar-refractivity contribution >= 4 is 28.2 Å². The van der Waals surface area contributed by atoms with Gasteiger partial charge in [0.05, 0.1) is 17.8 Å². The Balaban J connectivity index is 1.60. The fourth-order valence-electron chi connectivity index (χ4n) is 4.80. The maximum absolute atomic E-state index is 13.4. The number of nitrogens with zero attached hydrogens (tertiary/aromatic N) is 3. The van der Waals surface area contributed by atoms with E-state index in [0.717, 1.165) is 28.0 Å². The second-order valence-corrected chi connectivity index (χ2v) is 8.86. The number of pyridine rings is 2. The smallest absolute Gasteiger partial charge is 0.337 e. The first-order valence-corrected chi connectivity index (χ1v) is 11.2. The highest BCUT2D eigenvalue weighted by atomic mass is 16.4. The van der Waals surface area contributed by atoms with E-state index in [4.69, 9.17) is 0 Å². The number of aryl methyl sites for hydroxylation is 1. The summed E-state index contributed by atoms with van der Waals surface area (Å²) in [6.45, 7) is 5.30. The molecule has 1 unspecified atom stereocenters. The van der Waals surface area contributed by atoms with Crippen LogP contribution in [0.4, 0.5) is 11.5 Å². The maximum Gasteiger partial charge on any atom is 0.337 e. The number of aromatic nitrogens is 2. The van der Waals surface area contributed by atoms with Gasteiger partial charge in [-0.25, -0.2) is 4.79 Å². The first kappa shape index (κ1) is 21.7. The maximum atomic E-state index is 13.4. The quantitative estimate of drug-likeness (QED) is 0.457. The second kappa shape index (κ2) is 8.33. The summed E-state index contributed by atoms with van der Waals surface area (Å²) in [5.41, 5.74) is 4.82. The topological polar surface area (TPSA) is 87.5 Å². The largest absolute Gasteiger partial charge is 0.478 e. The summed E-state index contributed by atoms with van der Waals surface area (Å²) >= 11 is 0. The third-order valence-corrected chi connectivity index (χ3v) is 6.51. The number of para-hydroxylation sites is 1. The fourth-order valence-corrected chi connectivity index (χ4v) is 4.80. The molecule has 2 aromatic carbocycles. The van der Waals surface area contributed by atoms with Crippen LogP contribution >= 0.6 is 0 Å². The van der Waals surface area contributed by atoms with Crippen molar-refractivity contribution in [1.82, 2.24) is 9.55 Å². The molecule has 5 rings (SSSR count). The van der Waals surface area contributed by atoms with E-state index in [1.54, 1.807) is 36.0 Å². The normalized spacial score (nSPS) is 13.7. The van der Waals surface area contributed by atoms with Gasteiger partial charge in [-0.15, -0.1) is 0 Å². The van der Waals surface area contributed by atoms with E-state index >= 15 is 0 Å². The van der Waals surface area contributed by atoms with Crippen LogP contribution in [0.5, 0.6) is 0 Å². The molecule has 2 aromatic heterocycles. The SMILES string of the molecule is Cc1cc(C(C)Nc2ccccc2C(=O)O)c2cc(N3Cc4cccnc4C3)n(C)c(=O)c2c1. The Labute approximate surface area is 197 Å². The number of carboxylic acids is 1. The standard InChI is InChI=1S/C27H26N4O3/c1-16-11-20(17(2)29-23-9-5-4-8-19(23)27(33)34)21-13-25(30(3)26(32)22(21)12-16)31-14-18-7-6-10-28-24(18)15-31/h4-13,17,29H,14-15H2,1-3H3,(H,33,34). The van der Waals surface area contributed by atoms with Crippen LogP contribution in [0, 0.1) is 6.92 Å². The van der Waals surface area contributed by atoms with Gasteiger partial charge in [0, 0.05) is 36.9 Å². The van der Waals surface area contributed by atoms with Crippen LogP contribution in [-0.2, 0) is 20.1 Å². The van der Waals surface area contributed by atoms with Gasteiger partial charge in [0.2, 0.25) is 0 Å². The van der Waals surface area contributed by atoms with Gasteiger partial charge in [-0.2, -0.15) is 0 Å². The minimum Gasteiger partial charge on any atom is -0.478 e. The van der Waals surface area contributed by atoms with E-state index in [1.165, 1.54) is 5.56 Å². The van der Waals surface area contributed by atoms with Crippen molar-refractivity contribution in [2.24, 2.45) is 7.05 Å². The third kappa shape index (κ3) is 3.69. The van der Waals surface area contributed by atoms with Gasteiger partial charge >= 0.3 is 5.97 Å². The fraction of sp³-hybridized carbons (Fsp3) is 0.222. The van der Waals surface area contributed by atoms with Crippen molar-refractivity contribution in [1.29, 1.82) is 0 Å². The summed E-state index contributed by atoms with van der Waals surface area (Å²) in [5.74, 6) is -0.151. The van der Waals surface area contributed by atoms with E-state index in [1.807, 2.05) is 32.0 Å². The molecule has 172 valence electrons. The lowest BCUT2D eigenvalue weighted by Crippen LogP contribution is -2.27. The molecular formula is C27H26N4O3. The van der Waals surface area contributed by atoms with E-state index in [9.17, 15) is 14.7 Å². The van der Waals surface area contributed by atoms with Crippen LogP contribution in [-0.4, -0.2) is 20.6 Å². The number of aromatic carboxylic acids is 1. The molecule has 2 N–H and O–H groups in total. The highest BCUT2D eigenvalue weighted by Gasteiger charge is 2.24. The summed E-state index contributed by atoms with van der Waals surface area (Å²) in [6, 6.07) is 16.7. The van der Waals surface area contributed by atoms with Gasteiger partial charge < -0.3 is 15.3 Å². The van der Waals surface area contributed by atoms with Crippen molar-refractivity contribution < 1.29 is 9.90 Å². The molecule has 1 aliphatic heterocycles. The van der Waals surface area contributed by atoms with Crippen LogP contribution in [0.1, 0.15) is 45.7 Å². The molecule has 0 saturated heterocycles. The molecule has 1 aliphatic rings. The lowest BCUT2D eigenvalue weighted by atomic mass is 9.97. The summed E-state index contributed by atoms with van der Waals surface area (Å²) < 4.78 is 1.70.